The van der Waals surface area contributed by atoms with Gasteiger partial charge in [0.1, 0.15) is 0 Å². The van der Waals surface area contributed by atoms with Gasteiger partial charge in [-0.05, 0) is 22.8 Å². The maximum absolute atomic E-state index is 8.88. The van der Waals surface area contributed by atoms with Crippen molar-refractivity contribution < 1.29 is 5.11 Å². The summed E-state index contributed by atoms with van der Waals surface area (Å²) in [6.07, 6.45) is 5.03. The van der Waals surface area contributed by atoms with Crippen molar-refractivity contribution in [1.29, 1.82) is 0 Å². The highest BCUT2D eigenvalue weighted by Gasteiger charge is 2.11. The molecule has 1 aromatic heterocycles. The first-order chi connectivity index (χ1) is 8.31. The van der Waals surface area contributed by atoms with Crippen LogP contribution in [-0.4, -0.2) is 37.7 Å². The lowest BCUT2D eigenvalue weighted by atomic mass is 10.0. The fourth-order valence-electron chi connectivity index (χ4n) is 1.63. The highest BCUT2D eigenvalue weighted by Crippen LogP contribution is 2.22. The first kappa shape index (κ1) is 14.4. The number of thioether (sulfide) groups is 1. The molecular formula is C11H22N4OS. The van der Waals surface area contributed by atoms with Crippen LogP contribution in [-0.2, 0) is 6.54 Å². The number of hydrogen-bond acceptors (Lipinski definition) is 5. The zero-order valence-corrected chi connectivity index (χ0v) is 11.5. The fraction of sp³-hybridized carbons (Fsp3) is 0.909. The predicted octanol–water partition coefficient (Wildman–Crippen LogP) is 1.97. The van der Waals surface area contributed by atoms with Crippen LogP contribution in [0.15, 0.2) is 5.16 Å². The van der Waals surface area contributed by atoms with Crippen LogP contribution in [0.4, 0.5) is 0 Å². The Hall–Kier alpha value is -0.620. The van der Waals surface area contributed by atoms with Crippen molar-refractivity contribution in [2.45, 2.75) is 51.2 Å². The molecule has 98 valence electrons. The molecule has 1 unspecified atom stereocenters. The molecule has 1 heterocycles. The molecule has 1 rings (SSSR count). The van der Waals surface area contributed by atoms with E-state index in [4.69, 9.17) is 5.11 Å². The van der Waals surface area contributed by atoms with Gasteiger partial charge in [0.15, 0.2) is 0 Å². The molecular weight excluding hydrogens is 236 g/mol. The van der Waals surface area contributed by atoms with E-state index < -0.39 is 0 Å². The van der Waals surface area contributed by atoms with Crippen molar-refractivity contribution in [2.75, 3.05) is 12.4 Å². The monoisotopic (exact) mass is 258 g/mol. The lowest BCUT2D eigenvalue weighted by Crippen LogP contribution is -2.08. The molecule has 0 radical (unpaired) electrons. The summed E-state index contributed by atoms with van der Waals surface area (Å²) >= 11 is 1.69. The second-order valence-electron chi connectivity index (χ2n) is 4.14. The van der Waals surface area contributed by atoms with E-state index in [-0.39, 0.29) is 6.61 Å². The fourth-order valence-corrected chi connectivity index (χ4v) is 2.78. The van der Waals surface area contributed by atoms with E-state index in [0.717, 1.165) is 16.8 Å². The quantitative estimate of drug-likeness (QED) is 0.686. The third kappa shape index (κ3) is 5.04. The van der Waals surface area contributed by atoms with Crippen molar-refractivity contribution in [3.05, 3.63) is 0 Å². The van der Waals surface area contributed by atoms with Gasteiger partial charge in [-0.1, -0.05) is 44.9 Å². The van der Waals surface area contributed by atoms with Crippen LogP contribution in [0.2, 0.25) is 0 Å². The molecule has 0 aliphatic heterocycles. The van der Waals surface area contributed by atoms with E-state index in [1.54, 1.807) is 16.4 Å². The number of aliphatic hydroxyl groups excluding tert-OH is 1. The van der Waals surface area contributed by atoms with Crippen LogP contribution in [0.3, 0.4) is 0 Å². The zero-order valence-electron chi connectivity index (χ0n) is 10.7. The molecule has 1 N–H and O–H groups in total. The van der Waals surface area contributed by atoms with Crippen molar-refractivity contribution in [2.24, 2.45) is 5.92 Å². The predicted molar refractivity (Wildman–Crippen MR) is 68.9 cm³/mol. The largest absolute Gasteiger partial charge is 0.394 e. The number of rotatable bonds is 9. The molecule has 5 nitrogen and oxygen atoms in total. The van der Waals surface area contributed by atoms with Crippen LogP contribution in [0.5, 0.6) is 0 Å². The average Bonchev–Trinajstić information content (AvgIpc) is 2.78. The van der Waals surface area contributed by atoms with Crippen LogP contribution < -0.4 is 0 Å². The third-order valence-corrected chi connectivity index (χ3v) is 3.99. The van der Waals surface area contributed by atoms with E-state index >= 15 is 0 Å². The Morgan fingerprint density at radius 3 is 2.88 bits per heavy atom. The topological polar surface area (TPSA) is 63.8 Å². The number of unbranched alkanes of at least 4 members (excludes halogenated alkanes) is 1. The average molecular weight is 258 g/mol. The van der Waals surface area contributed by atoms with E-state index in [9.17, 15) is 0 Å². The zero-order chi connectivity index (χ0) is 12.5. The molecule has 17 heavy (non-hydrogen) atoms. The molecule has 0 aliphatic carbocycles. The summed E-state index contributed by atoms with van der Waals surface area (Å²) in [6.45, 7) is 5.01. The SMILES string of the molecule is CCCCC(CC)CSc1nnnn1CCO. The summed E-state index contributed by atoms with van der Waals surface area (Å²) in [4.78, 5) is 0. The molecule has 0 bridgehead atoms. The standard InChI is InChI=1S/C11H22N4OS/c1-3-5-6-10(4-2)9-17-11-12-13-14-15(11)7-8-16/h10,16H,3-9H2,1-2H3. The minimum absolute atomic E-state index is 0.0750. The minimum atomic E-state index is 0.0750. The molecule has 0 saturated heterocycles. The lowest BCUT2D eigenvalue weighted by molar-refractivity contribution is 0.262. The number of hydrogen-bond donors (Lipinski definition) is 1. The van der Waals surface area contributed by atoms with Gasteiger partial charge in [0, 0.05) is 5.75 Å². The Balaban J connectivity index is 2.39. The third-order valence-electron chi connectivity index (χ3n) is 2.80. The van der Waals surface area contributed by atoms with E-state index in [1.807, 2.05) is 0 Å². The highest BCUT2D eigenvalue weighted by molar-refractivity contribution is 7.99. The van der Waals surface area contributed by atoms with Gasteiger partial charge in [0.2, 0.25) is 5.16 Å². The summed E-state index contributed by atoms with van der Waals surface area (Å²) in [5, 5.41) is 21.1. The Morgan fingerprint density at radius 2 is 2.24 bits per heavy atom. The molecule has 0 aliphatic rings. The number of nitrogens with zero attached hydrogens (tertiary/aromatic N) is 4. The smallest absolute Gasteiger partial charge is 0.209 e. The van der Waals surface area contributed by atoms with Gasteiger partial charge < -0.3 is 5.11 Å². The van der Waals surface area contributed by atoms with E-state index in [1.165, 1.54) is 25.7 Å². The molecule has 0 aromatic carbocycles. The van der Waals surface area contributed by atoms with Crippen molar-refractivity contribution in [3.8, 4) is 0 Å². The van der Waals surface area contributed by atoms with Gasteiger partial charge in [0.25, 0.3) is 0 Å². The molecule has 1 aromatic rings. The molecule has 0 fully saturated rings. The van der Waals surface area contributed by atoms with Gasteiger partial charge >= 0.3 is 0 Å². The van der Waals surface area contributed by atoms with Crippen LogP contribution in [0, 0.1) is 5.92 Å². The second kappa shape index (κ2) is 8.47. The molecule has 0 amide bonds. The van der Waals surface area contributed by atoms with Crippen molar-refractivity contribution >= 4 is 11.8 Å². The Bertz CT molecular complexity index is 305. The van der Waals surface area contributed by atoms with Crippen LogP contribution in [0.25, 0.3) is 0 Å². The maximum atomic E-state index is 8.88. The van der Waals surface area contributed by atoms with Gasteiger partial charge in [0.05, 0.1) is 13.2 Å². The van der Waals surface area contributed by atoms with Gasteiger partial charge in [-0.3, -0.25) is 0 Å². The van der Waals surface area contributed by atoms with Crippen molar-refractivity contribution in [3.63, 3.8) is 0 Å². The second-order valence-corrected chi connectivity index (χ2v) is 5.12. The summed E-state index contributed by atoms with van der Waals surface area (Å²) in [5.74, 6) is 1.79. The van der Waals surface area contributed by atoms with Gasteiger partial charge in [-0.25, -0.2) is 4.68 Å². The molecule has 1 atom stereocenters. The molecule has 6 heteroatoms. The molecule has 0 saturated carbocycles. The Labute approximate surface area is 107 Å². The molecule has 0 spiro atoms. The number of aliphatic hydroxyl groups is 1. The first-order valence-corrected chi connectivity index (χ1v) is 7.30. The normalized spacial score (nSPS) is 12.9. The Morgan fingerprint density at radius 1 is 1.41 bits per heavy atom. The first-order valence-electron chi connectivity index (χ1n) is 6.31. The minimum Gasteiger partial charge on any atom is -0.394 e. The lowest BCUT2D eigenvalue weighted by Gasteiger charge is -2.13. The summed E-state index contributed by atoms with van der Waals surface area (Å²) in [6, 6.07) is 0. The highest BCUT2D eigenvalue weighted by atomic mass is 32.2. The number of aromatic nitrogens is 4. The summed E-state index contributed by atoms with van der Waals surface area (Å²) < 4.78 is 1.66. The van der Waals surface area contributed by atoms with Crippen LogP contribution >= 0.6 is 11.8 Å². The van der Waals surface area contributed by atoms with Crippen molar-refractivity contribution in [1.82, 2.24) is 20.2 Å². The van der Waals surface area contributed by atoms with Gasteiger partial charge in [-0.2, -0.15) is 0 Å². The van der Waals surface area contributed by atoms with Gasteiger partial charge in [-0.15, -0.1) is 5.10 Å². The maximum Gasteiger partial charge on any atom is 0.209 e. The summed E-state index contributed by atoms with van der Waals surface area (Å²) in [7, 11) is 0. The number of tetrazole rings is 1. The van der Waals surface area contributed by atoms with Crippen LogP contribution in [0.1, 0.15) is 39.5 Å². The van der Waals surface area contributed by atoms with E-state index in [2.05, 4.69) is 29.4 Å². The summed E-state index contributed by atoms with van der Waals surface area (Å²) in [5.41, 5.74) is 0. The van der Waals surface area contributed by atoms with E-state index in [0.29, 0.717) is 6.54 Å². The Kier molecular flexibility index (Phi) is 7.19.